The first kappa shape index (κ1) is 16.5. The Morgan fingerprint density at radius 3 is 2.58 bits per heavy atom. The maximum Gasteiger partial charge on any atom is 0.247 e. The third-order valence-electron chi connectivity index (χ3n) is 4.63. The molecule has 2 aliphatic rings. The van der Waals surface area contributed by atoms with Crippen LogP contribution in [0.15, 0.2) is 0 Å². The molecule has 0 spiro atoms. The lowest BCUT2D eigenvalue weighted by Gasteiger charge is -2.40. The molecule has 1 aromatic rings. The van der Waals surface area contributed by atoms with Crippen LogP contribution in [0, 0.1) is 12.8 Å². The van der Waals surface area contributed by atoms with Crippen LogP contribution in [0.2, 0.25) is 0 Å². The highest BCUT2D eigenvalue weighted by molar-refractivity contribution is 6.03. The number of nitrogens with one attached hydrogen (secondary N) is 2. The van der Waals surface area contributed by atoms with Crippen LogP contribution in [0.5, 0.6) is 0 Å². The van der Waals surface area contributed by atoms with Gasteiger partial charge >= 0.3 is 0 Å². The summed E-state index contributed by atoms with van der Waals surface area (Å²) in [5, 5.41) is 6.21. The van der Waals surface area contributed by atoms with Crippen LogP contribution in [0.3, 0.4) is 0 Å². The molecule has 3 heterocycles. The van der Waals surface area contributed by atoms with E-state index in [1.165, 1.54) is 0 Å². The lowest BCUT2D eigenvalue weighted by atomic mass is 9.99. The predicted molar refractivity (Wildman–Crippen MR) is 92.1 cm³/mol. The van der Waals surface area contributed by atoms with Crippen molar-refractivity contribution in [3.05, 3.63) is 5.69 Å². The summed E-state index contributed by atoms with van der Waals surface area (Å²) in [6.45, 7) is 8.79. The average molecular weight is 332 g/mol. The van der Waals surface area contributed by atoms with E-state index in [0.29, 0.717) is 24.7 Å². The lowest BCUT2D eigenvalue weighted by Crippen LogP contribution is -2.56. The molecule has 1 fully saturated rings. The number of hydrogen-bond acceptors (Lipinski definition) is 6. The molecule has 24 heavy (non-hydrogen) atoms. The first-order valence-corrected chi connectivity index (χ1v) is 8.22. The third kappa shape index (κ3) is 2.76. The fourth-order valence-corrected chi connectivity index (χ4v) is 3.29. The average Bonchev–Trinajstić information content (AvgIpc) is 2.43. The van der Waals surface area contributed by atoms with Crippen LogP contribution in [0.4, 0.5) is 17.5 Å². The van der Waals surface area contributed by atoms with E-state index < -0.39 is 0 Å². The largest absolute Gasteiger partial charge is 0.348 e. The number of fused-ring (bicyclic) bond motifs is 1. The summed E-state index contributed by atoms with van der Waals surface area (Å²) < 4.78 is 0. The summed E-state index contributed by atoms with van der Waals surface area (Å²) in [7, 11) is 1.89. The van der Waals surface area contributed by atoms with Gasteiger partial charge in [0.2, 0.25) is 17.8 Å². The van der Waals surface area contributed by atoms with Crippen molar-refractivity contribution in [3.8, 4) is 0 Å². The monoisotopic (exact) mass is 332 g/mol. The van der Waals surface area contributed by atoms with E-state index in [4.69, 9.17) is 0 Å². The van der Waals surface area contributed by atoms with Gasteiger partial charge in [-0.3, -0.25) is 9.59 Å². The summed E-state index contributed by atoms with van der Waals surface area (Å²) in [6.07, 6.45) is 0. The van der Waals surface area contributed by atoms with Gasteiger partial charge in [-0.15, -0.1) is 0 Å². The van der Waals surface area contributed by atoms with Gasteiger partial charge in [0.1, 0.15) is 11.7 Å². The lowest BCUT2D eigenvalue weighted by molar-refractivity contribution is -0.132. The second-order valence-corrected chi connectivity index (χ2v) is 6.89. The quantitative estimate of drug-likeness (QED) is 0.852. The van der Waals surface area contributed by atoms with E-state index >= 15 is 0 Å². The summed E-state index contributed by atoms with van der Waals surface area (Å²) >= 11 is 0. The van der Waals surface area contributed by atoms with Gasteiger partial charge in [-0.05, 0) is 12.8 Å². The highest BCUT2D eigenvalue weighted by Gasteiger charge is 2.36. The molecule has 8 nitrogen and oxygen atoms in total. The number of aryl methyl sites for hydroxylation is 1. The van der Waals surface area contributed by atoms with Gasteiger partial charge in [0.05, 0.1) is 11.7 Å². The molecule has 0 aromatic carbocycles. The number of likely N-dealkylation sites (tertiary alicyclic amines) is 1. The van der Waals surface area contributed by atoms with E-state index in [1.807, 2.05) is 32.7 Å². The van der Waals surface area contributed by atoms with Crippen molar-refractivity contribution < 1.29 is 9.59 Å². The minimum Gasteiger partial charge on any atom is -0.348 e. The number of carbonyl (C=O) groups excluding carboxylic acids is 2. The van der Waals surface area contributed by atoms with Crippen LogP contribution in [0.25, 0.3) is 0 Å². The second kappa shape index (κ2) is 5.92. The number of nitrogens with zero attached hydrogens (tertiary/aromatic N) is 4. The molecule has 3 rings (SSSR count). The Balaban J connectivity index is 1.82. The van der Waals surface area contributed by atoms with Crippen LogP contribution in [-0.4, -0.2) is 58.9 Å². The first-order chi connectivity index (χ1) is 11.3. The van der Waals surface area contributed by atoms with Crippen LogP contribution >= 0.6 is 0 Å². The van der Waals surface area contributed by atoms with Gasteiger partial charge in [0, 0.05) is 27.1 Å². The van der Waals surface area contributed by atoms with Gasteiger partial charge in [-0.2, -0.15) is 4.98 Å². The van der Waals surface area contributed by atoms with Crippen LogP contribution in [-0.2, 0) is 9.59 Å². The van der Waals surface area contributed by atoms with E-state index in [9.17, 15) is 9.59 Å². The minimum atomic E-state index is -0.253. The Morgan fingerprint density at radius 1 is 1.33 bits per heavy atom. The number of likely N-dealkylation sites (N-methyl/N-ethyl adjacent to an activating group) is 1. The molecule has 130 valence electrons. The van der Waals surface area contributed by atoms with Gasteiger partial charge in [-0.1, -0.05) is 13.8 Å². The predicted octanol–water partition coefficient (Wildman–Crippen LogP) is 0.841. The van der Waals surface area contributed by atoms with Gasteiger partial charge in [0.25, 0.3) is 0 Å². The first-order valence-electron chi connectivity index (χ1n) is 8.22. The molecule has 0 bridgehead atoms. The molecule has 2 aliphatic heterocycles. The van der Waals surface area contributed by atoms with Crippen molar-refractivity contribution in [3.63, 3.8) is 0 Å². The van der Waals surface area contributed by atoms with Crippen LogP contribution in [0.1, 0.15) is 26.5 Å². The standard InChI is InChI=1S/C16H24N6O2/c1-8(2)13-15(24)19-12-9(3)17-16(20-14(12)21(13)5)18-11-6-22(7-11)10(4)23/h8,11,13H,6-7H2,1-5H3,(H,19,24)(H,17,18,20)/t13-/m0/s1. The van der Waals surface area contributed by atoms with Crippen molar-refractivity contribution in [2.45, 2.75) is 39.8 Å². The number of hydrogen-bond donors (Lipinski definition) is 2. The van der Waals surface area contributed by atoms with E-state index in [1.54, 1.807) is 11.8 Å². The Labute approximate surface area is 141 Å². The molecular formula is C16H24N6O2. The number of aromatic nitrogens is 2. The Morgan fingerprint density at radius 2 is 2.00 bits per heavy atom. The molecule has 0 radical (unpaired) electrons. The highest BCUT2D eigenvalue weighted by Crippen LogP contribution is 2.34. The topological polar surface area (TPSA) is 90.5 Å². The fraction of sp³-hybridized carbons (Fsp3) is 0.625. The molecule has 2 amide bonds. The summed E-state index contributed by atoms with van der Waals surface area (Å²) in [4.78, 5) is 36.3. The molecule has 8 heteroatoms. The molecule has 0 saturated carbocycles. The second-order valence-electron chi connectivity index (χ2n) is 6.89. The molecule has 1 aromatic heterocycles. The van der Waals surface area contributed by atoms with Gasteiger partial charge in [0.15, 0.2) is 5.82 Å². The van der Waals surface area contributed by atoms with Crippen molar-refractivity contribution in [2.75, 3.05) is 35.7 Å². The Bertz CT molecular complexity index is 683. The van der Waals surface area contributed by atoms with E-state index in [2.05, 4.69) is 20.6 Å². The molecule has 0 unspecified atom stereocenters. The van der Waals surface area contributed by atoms with Crippen molar-refractivity contribution in [1.82, 2.24) is 14.9 Å². The Hall–Kier alpha value is -2.38. The summed E-state index contributed by atoms with van der Waals surface area (Å²) in [5.74, 6) is 1.49. The van der Waals surface area contributed by atoms with Crippen molar-refractivity contribution >= 4 is 29.3 Å². The summed E-state index contributed by atoms with van der Waals surface area (Å²) in [5.41, 5.74) is 1.40. The van der Waals surface area contributed by atoms with Crippen LogP contribution < -0.4 is 15.5 Å². The zero-order valence-electron chi connectivity index (χ0n) is 14.8. The molecule has 0 aliphatic carbocycles. The van der Waals surface area contributed by atoms with Gasteiger partial charge < -0.3 is 20.4 Å². The molecular weight excluding hydrogens is 308 g/mol. The number of anilines is 3. The zero-order chi connectivity index (χ0) is 17.6. The van der Waals surface area contributed by atoms with Crippen molar-refractivity contribution in [1.29, 1.82) is 0 Å². The van der Waals surface area contributed by atoms with E-state index in [0.717, 1.165) is 11.5 Å². The molecule has 1 atom stereocenters. The van der Waals surface area contributed by atoms with E-state index in [-0.39, 0.29) is 29.8 Å². The summed E-state index contributed by atoms with van der Waals surface area (Å²) in [6, 6.07) is -0.0905. The molecule has 1 saturated heterocycles. The third-order valence-corrected chi connectivity index (χ3v) is 4.63. The van der Waals surface area contributed by atoms with Crippen molar-refractivity contribution in [2.24, 2.45) is 5.92 Å². The maximum absolute atomic E-state index is 12.3. The minimum absolute atomic E-state index is 0.0245. The highest BCUT2D eigenvalue weighted by atomic mass is 16.2. The fourth-order valence-electron chi connectivity index (χ4n) is 3.29. The normalized spacial score (nSPS) is 20.6. The molecule has 2 N–H and O–H groups in total. The van der Waals surface area contributed by atoms with Gasteiger partial charge in [-0.25, -0.2) is 4.98 Å². The zero-order valence-corrected chi connectivity index (χ0v) is 14.8. The smallest absolute Gasteiger partial charge is 0.247 e. The SMILES string of the molecule is CC(=O)N1CC(Nc2nc(C)c3c(n2)N(C)[C@@H](C(C)C)C(=O)N3)C1. The number of rotatable bonds is 3. The number of amides is 2. The number of carbonyl (C=O) groups is 2. The Kier molecular flexibility index (Phi) is 4.06. The maximum atomic E-state index is 12.3.